The van der Waals surface area contributed by atoms with E-state index in [1.54, 1.807) is 24.3 Å². The van der Waals surface area contributed by atoms with Crippen LogP contribution in [0, 0.1) is 0 Å². The van der Waals surface area contributed by atoms with E-state index in [0.717, 1.165) is 11.4 Å². The zero-order valence-electron chi connectivity index (χ0n) is 17.8. The molecule has 1 fully saturated rings. The number of rotatable bonds is 6. The molecule has 1 saturated heterocycles. The van der Waals surface area contributed by atoms with E-state index in [1.807, 2.05) is 43.3 Å². The number of anilines is 2. The lowest BCUT2D eigenvalue weighted by Gasteiger charge is -2.41. The fraction of sp³-hybridized carbons (Fsp3) is 0.292. The third-order valence-corrected chi connectivity index (χ3v) is 7.51. The van der Waals surface area contributed by atoms with Crippen LogP contribution in [-0.2, 0) is 20.4 Å². The topological polar surface area (TPSA) is 62.7 Å². The Hall–Kier alpha value is -2.90. The average molecular weight is 438 g/mol. The largest absolute Gasteiger partial charge is 0.367 e. The molecule has 4 rings (SSSR count). The monoisotopic (exact) mass is 437 g/mol. The molecular weight excluding hydrogens is 410 g/mol. The molecule has 31 heavy (non-hydrogen) atoms. The number of hydrogen-bond donors (Lipinski definition) is 0. The number of ether oxygens (including phenoxy) is 1. The molecule has 2 aromatic carbocycles. The van der Waals surface area contributed by atoms with Gasteiger partial charge in [-0.2, -0.15) is 0 Å². The maximum atomic E-state index is 13.2. The number of nitrogens with zero attached hydrogens (tertiary/aromatic N) is 3. The van der Waals surface area contributed by atoms with E-state index in [4.69, 9.17) is 4.74 Å². The van der Waals surface area contributed by atoms with Crippen molar-refractivity contribution < 1.29 is 13.2 Å². The van der Waals surface area contributed by atoms with Gasteiger partial charge in [-0.1, -0.05) is 48.5 Å². The van der Waals surface area contributed by atoms with Gasteiger partial charge in [-0.05, 0) is 43.7 Å². The minimum Gasteiger partial charge on any atom is -0.367 e. The molecule has 162 valence electrons. The molecule has 0 spiro atoms. The van der Waals surface area contributed by atoms with Crippen molar-refractivity contribution in [1.82, 2.24) is 4.98 Å². The summed E-state index contributed by atoms with van der Waals surface area (Å²) < 4.78 is 33.9. The predicted octanol–water partition coefficient (Wildman–Crippen LogP) is 4.05. The van der Waals surface area contributed by atoms with E-state index < -0.39 is 15.6 Å². The number of morpholine rings is 1. The van der Waals surface area contributed by atoms with Gasteiger partial charge in [0.1, 0.15) is 16.3 Å². The molecule has 1 unspecified atom stereocenters. The highest BCUT2D eigenvalue weighted by atomic mass is 32.2. The molecule has 0 bridgehead atoms. The average Bonchev–Trinajstić information content (AvgIpc) is 2.81. The highest BCUT2D eigenvalue weighted by Gasteiger charge is 2.34. The first kappa shape index (κ1) is 21.3. The summed E-state index contributed by atoms with van der Waals surface area (Å²) >= 11 is 0. The Kier molecular flexibility index (Phi) is 5.98. The highest BCUT2D eigenvalue weighted by Crippen LogP contribution is 2.31. The number of aromatic nitrogens is 1. The lowest BCUT2D eigenvalue weighted by atomic mass is 9.94. The molecule has 0 N–H and O–H groups in total. The van der Waals surface area contributed by atoms with E-state index in [9.17, 15) is 8.42 Å². The van der Waals surface area contributed by atoms with E-state index >= 15 is 0 Å². The van der Waals surface area contributed by atoms with E-state index in [-0.39, 0.29) is 4.90 Å². The molecule has 7 heteroatoms. The Morgan fingerprint density at radius 2 is 1.71 bits per heavy atom. The minimum atomic E-state index is -3.69. The zero-order chi connectivity index (χ0) is 21.9. The van der Waals surface area contributed by atoms with Crippen molar-refractivity contribution in [2.24, 2.45) is 0 Å². The van der Waals surface area contributed by atoms with Crippen LogP contribution in [0.2, 0.25) is 0 Å². The van der Waals surface area contributed by atoms with Crippen molar-refractivity contribution in [3.05, 3.63) is 84.6 Å². The Bertz CT molecular complexity index is 1110. The van der Waals surface area contributed by atoms with Crippen LogP contribution in [0.3, 0.4) is 0 Å². The van der Waals surface area contributed by atoms with Gasteiger partial charge in [0.15, 0.2) is 0 Å². The summed E-state index contributed by atoms with van der Waals surface area (Å²) in [6, 6.07) is 22.7. The highest BCUT2D eigenvalue weighted by molar-refractivity contribution is 7.92. The number of para-hydroxylation sites is 1. The molecule has 1 aliphatic rings. The first-order chi connectivity index (χ1) is 14.9. The zero-order valence-corrected chi connectivity index (χ0v) is 18.6. The molecular formula is C24H27N3O3S. The summed E-state index contributed by atoms with van der Waals surface area (Å²) in [6.07, 6.45) is 1.45. The van der Waals surface area contributed by atoms with Crippen LogP contribution in [0.25, 0.3) is 0 Å². The van der Waals surface area contributed by atoms with Gasteiger partial charge >= 0.3 is 0 Å². The number of pyridine rings is 1. The number of benzene rings is 2. The quantitative estimate of drug-likeness (QED) is 0.582. The molecule has 0 saturated carbocycles. The Labute approximate surface area is 184 Å². The molecule has 6 nitrogen and oxygen atoms in total. The van der Waals surface area contributed by atoms with Crippen molar-refractivity contribution >= 4 is 21.5 Å². The van der Waals surface area contributed by atoms with Crippen LogP contribution in [0.4, 0.5) is 11.5 Å². The predicted molar refractivity (Wildman–Crippen MR) is 123 cm³/mol. The fourth-order valence-corrected chi connectivity index (χ4v) is 5.38. The lowest BCUT2D eigenvalue weighted by Crippen LogP contribution is -2.48. The normalized spacial score (nSPS) is 19.2. The van der Waals surface area contributed by atoms with Crippen LogP contribution in [0.5, 0.6) is 0 Å². The molecule has 1 atom stereocenters. The minimum absolute atomic E-state index is 0.182. The number of sulfonamides is 1. The fourth-order valence-electron chi connectivity index (χ4n) is 3.96. The van der Waals surface area contributed by atoms with Crippen molar-refractivity contribution in [3.63, 3.8) is 0 Å². The van der Waals surface area contributed by atoms with E-state index in [0.29, 0.717) is 31.9 Å². The van der Waals surface area contributed by atoms with Crippen LogP contribution < -0.4 is 9.21 Å². The molecule has 0 aliphatic carbocycles. The third-order valence-electron chi connectivity index (χ3n) is 5.62. The van der Waals surface area contributed by atoms with Crippen LogP contribution in [0.15, 0.2) is 83.9 Å². The molecule has 0 amide bonds. The van der Waals surface area contributed by atoms with Gasteiger partial charge in [0.2, 0.25) is 0 Å². The van der Waals surface area contributed by atoms with Gasteiger partial charge in [0, 0.05) is 19.3 Å². The van der Waals surface area contributed by atoms with Gasteiger partial charge in [0.25, 0.3) is 10.0 Å². The van der Waals surface area contributed by atoms with E-state index in [2.05, 4.69) is 28.9 Å². The summed E-state index contributed by atoms with van der Waals surface area (Å²) in [7, 11) is -3.69. The second kappa shape index (κ2) is 8.69. The maximum Gasteiger partial charge on any atom is 0.265 e. The summed E-state index contributed by atoms with van der Waals surface area (Å²) in [5.74, 6) is 0.743. The first-order valence-corrected chi connectivity index (χ1v) is 11.9. The smallest absolute Gasteiger partial charge is 0.265 e. The lowest BCUT2D eigenvalue weighted by molar-refractivity contribution is -0.0468. The first-order valence-electron chi connectivity index (χ1n) is 10.4. The molecule has 2 heterocycles. The van der Waals surface area contributed by atoms with Crippen molar-refractivity contribution in [2.45, 2.75) is 24.3 Å². The number of hydrogen-bond acceptors (Lipinski definition) is 5. The Morgan fingerprint density at radius 3 is 2.32 bits per heavy atom. The van der Waals surface area contributed by atoms with Gasteiger partial charge in [-0.15, -0.1) is 0 Å². The van der Waals surface area contributed by atoms with Crippen molar-refractivity contribution in [3.8, 4) is 0 Å². The molecule has 3 aromatic rings. The van der Waals surface area contributed by atoms with Crippen LogP contribution in [0.1, 0.15) is 19.4 Å². The standard InChI is InChI=1S/C24H27N3O3S/c1-3-27(21-12-8-5-9-13-21)31(28,29)22-14-15-23(25-18-22)26-16-17-30-24(2,19-26)20-10-6-4-7-11-20/h4-15,18H,3,16-17,19H2,1-2H3. The van der Waals surface area contributed by atoms with Gasteiger partial charge in [0.05, 0.1) is 18.8 Å². The summed E-state index contributed by atoms with van der Waals surface area (Å²) in [4.78, 5) is 6.82. The second-order valence-electron chi connectivity index (χ2n) is 7.72. The summed E-state index contributed by atoms with van der Waals surface area (Å²) in [5, 5.41) is 0. The van der Waals surface area contributed by atoms with E-state index in [1.165, 1.54) is 10.5 Å². The van der Waals surface area contributed by atoms with Gasteiger partial charge < -0.3 is 9.64 Å². The molecule has 0 radical (unpaired) electrons. The molecule has 1 aliphatic heterocycles. The second-order valence-corrected chi connectivity index (χ2v) is 9.59. The third kappa shape index (κ3) is 4.29. The summed E-state index contributed by atoms with van der Waals surface area (Å²) in [5.41, 5.74) is 1.30. The van der Waals surface area contributed by atoms with Crippen LogP contribution >= 0.6 is 0 Å². The summed E-state index contributed by atoms with van der Waals surface area (Å²) in [6.45, 7) is 6.16. The van der Waals surface area contributed by atoms with Crippen LogP contribution in [-0.4, -0.2) is 39.6 Å². The van der Waals surface area contributed by atoms with Gasteiger partial charge in [-0.3, -0.25) is 4.31 Å². The van der Waals surface area contributed by atoms with Crippen molar-refractivity contribution in [2.75, 3.05) is 35.4 Å². The Morgan fingerprint density at radius 1 is 1.03 bits per heavy atom. The maximum absolute atomic E-state index is 13.2. The van der Waals surface area contributed by atoms with Crippen molar-refractivity contribution in [1.29, 1.82) is 0 Å². The molecule has 1 aromatic heterocycles. The Balaban J connectivity index is 1.56. The SMILES string of the molecule is CCN(c1ccccc1)S(=O)(=O)c1ccc(N2CCOC(C)(c3ccccc3)C2)nc1. The van der Waals surface area contributed by atoms with Gasteiger partial charge in [-0.25, -0.2) is 13.4 Å².